The number of hydrogen-bond donors (Lipinski definition) is 2. The highest BCUT2D eigenvalue weighted by Gasteiger charge is 2.28. The molecule has 0 bridgehead atoms. The summed E-state index contributed by atoms with van der Waals surface area (Å²) in [7, 11) is 1.46. The molecule has 0 aliphatic heterocycles. The van der Waals surface area contributed by atoms with E-state index < -0.39 is 18.1 Å². The Kier molecular flexibility index (Phi) is 6.18. The van der Waals surface area contributed by atoms with Gasteiger partial charge in [0.2, 0.25) is 5.91 Å². The zero-order valence-corrected chi connectivity index (χ0v) is 12.1. The van der Waals surface area contributed by atoms with Gasteiger partial charge in [-0.15, -0.1) is 0 Å². The highest BCUT2D eigenvalue weighted by Crippen LogP contribution is 2.17. The Morgan fingerprint density at radius 3 is 2.35 bits per heavy atom. The first-order valence-electron chi connectivity index (χ1n) is 6.68. The maximum Gasteiger partial charge on any atom is 0.254 e. The van der Waals surface area contributed by atoms with Crippen molar-refractivity contribution in [1.82, 2.24) is 5.32 Å². The molecular formula is C15H22N2O3. The van der Waals surface area contributed by atoms with Crippen LogP contribution in [0, 0.1) is 5.92 Å². The van der Waals surface area contributed by atoms with Crippen LogP contribution in [-0.4, -0.2) is 25.0 Å². The zero-order valence-electron chi connectivity index (χ0n) is 12.1. The molecule has 0 aliphatic carbocycles. The smallest absolute Gasteiger partial charge is 0.254 e. The fourth-order valence-corrected chi connectivity index (χ4v) is 1.98. The second-order valence-corrected chi connectivity index (χ2v) is 4.80. The van der Waals surface area contributed by atoms with Gasteiger partial charge in [0.05, 0.1) is 0 Å². The van der Waals surface area contributed by atoms with E-state index in [1.54, 1.807) is 12.1 Å². The number of nitrogens with one attached hydrogen (secondary N) is 1. The third kappa shape index (κ3) is 4.06. The molecule has 0 spiro atoms. The lowest BCUT2D eigenvalue weighted by atomic mass is 9.98. The van der Waals surface area contributed by atoms with E-state index in [-0.39, 0.29) is 11.8 Å². The molecule has 110 valence electrons. The molecular weight excluding hydrogens is 256 g/mol. The highest BCUT2D eigenvalue weighted by atomic mass is 16.5. The third-order valence-corrected chi connectivity index (χ3v) is 3.39. The predicted molar refractivity (Wildman–Crippen MR) is 76.8 cm³/mol. The lowest BCUT2D eigenvalue weighted by Crippen LogP contribution is -2.49. The number of carbonyl (C=O) groups excluding carboxylic acids is 2. The van der Waals surface area contributed by atoms with Crippen LogP contribution >= 0.6 is 0 Å². The first-order chi connectivity index (χ1) is 9.51. The summed E-state index contributed by atoms with van der Waals surface area (Å²) < 4.78 is 5.23. The second-order valence-electron chi connectivity index (χ2n) is 4.80. The number of primary amides is 1. The first-order valence-corrected chi connectivity index (χ1v) is 6.68. The van der Waals surface area contributed by atoms with Crippen LogP contribution in [-0.2, 0) is 14.3 Å². The van der Waals surface area contributed by atoms with Crippen LogP contribution in [0.15, 0.2) is 30.3 Å². The van der Waals surface area contributed by atoms with Crippen LogP contribution in [0.3, 0.4) is 0 Å². The lowest BCUT2D eigenvalue weighted by molar-refractivity contribution is -0.135. The molecule has 5 heteroatoms. The van der Waals surface area contributed by atoms with Gasteiger partial charge in [-0.2, -0.15) is 0 Å². The summed E-state index contributed by atoms with van der Waals surface area (Å²) in [4.78, 5) is 23.7. The summed E-state index contributed by atoms with van der Waals surface area (Å²) in [6, 6.07) is 8.43. The standard InChI is InChI=1S/C15H22N2O3/c1-4-10(2)12(14(16)18)17-15(19)13(20-3)11-8-6-5-7-9-11/h5-10,12-13H,4H2,1-3H3,(H2,16,18)(H,17,19)/t10-,12-,13+/m0/s1. The van der Waals surface area contributed by atoms with Gasteiger partial charge in [0.15, 0.2) is 6.10 Å². The van der Waals surface area contributed by atoms with Gasteiger partial charge in [-0.25, -0.2) is 0 Å². The number of ether oxygens (including phenoxy) is 1. The number of rotatable bonds is 7. The number of amides is 2. The molecule has 0 saturated carbocycles. The maximum absolute atomic E-state index is 12.3. The van der Waals surface area contributed by atoms with Crippen molar-refractivity contribution in [1.29, 1.82) is 0 Å². The fourth-order valence-electron chi connectivity index (χ4n) is 1.98. The van der Waals surface area contributed by atoms with E-state index in [0.29, 0.717) is 0 Å². The summed E-state index contributed by atoms with van der Waals surface area (Å²) in [5.41, 5.74) is 6.08. The summed E-state index contributed by atoms with van der Waals surface area (Å²) in [6.45, 7) is 3.82. The predicted octanol–water partition coefficient (Wildman–Crippen LogP) is 1.39. The van der Waals surface area contributed by atoms with E-state index in [9.17, 15) is 9.59 Å². The SMILES string of the molecule is CC[C@H](C)[C@H](NC(=O)[C@H](OC)c1ccccc1)C(N)=O. The van der Waals surface area contributed by atoms with Gasteiger partial charge in [-0.05, 0) is 11.5 Å². The number of methoxy groups -OCH3 is 1. The van der Waals surface area contributed by atoms with Gasteiger partial charge < -0.3 is 15.8 Å². The minimum Gasteiger partial charge on any atom is -0.368 e. The molecule has 2 amide bonds. The molecule has 1 aromatic rings. The molecule has 1 aromatic carbocycles. The minimum atomic E-state index is -0.748. The van der Waals surface area contributed by atoms with Crippen molar-refractivity contribution in [2.24, 2.45) is 11.7 Å². The number of benzene rings is 1. The molecule has 5 nitrogen and oxygen atoms in total. The van der Waals surface area contributed by atoms with Crippen molar-refractivity contribution < 1.29 is 14.3 Å². The van der Waals surface area contributed by atoms with Gasteiger partial charge in [0.1, 0.15) is 6.04 Å². The molecule has 0 aliphatic rings. The first kappa shape index (κ1) is 16.2. The Morgan fingerprint density at radius 2 is 1.90 bits per heavy atom. The molecule has 0 fully saturated rings. The molecule has 0 radical (unpaired) electrons. The van der Waals surface area contributed by atoms with Crippen molar-refractivity contribution in [2.45, 2.75) is 32.4 Å². The monoisotopic (exact) mass is 278 g/mol. The van der Waals surface area contributed by atoms with Crippen LogP contribution in [0.4, 0.5) is 0 Å². The zero-order chi connectivity index (χ0) is 15.1. The van der Waals surface area contributed by atoms with E-state index in [1.165, 1.54) is 7.11 Å². The van der Waals surface area contributed by atoms with Crippen molar-refractivity contribution >= 4 is 11.8 Å². The van der Waals surface area contributed by atoms with Crippen molar-refractivity contribution in [3.8, 4) is 0 Å². The Labute approximate surface area is 119 Å². The van der Waals surface area contributed by atoms with Crippen molar-refractivity contribution in [3.63, 3.8) is 0 Å². The fraction of sp³-hybridized carbons (Fsp3) is 0.467. The number of hydrogen-bond acceptors (Lipinski definition) is 3. The third-order valence-electron chi connectivity index (χ3n) is 3.39. The Morgan fingerprint density at radius 1 is 1.30 bits per heavy atom. The maximum atomic E-state index is 12.3. The highest BCUT2D eigenvalue weighted by molar-refractivity contribution is 5.89. The van der Waals surface area contributed by atoms with Crippen LogP contribution < -0.4 is 11.1 Å². The van der Waals surface area contributed by atoms with Gasteiger partial charge >= 0.3 is 0 Å². The average molecular weight is 278 g/mol. The van der Waals surface area contributed by atoms with E-state index in [2.05, 4.69) is 5.32 Å². The van der Waals surface area contributed by atoms with E-state index in [1.807, 2.05) is 32.0 Å². The molecule has 3 atom stereocenters. The van der Waals surface area contributed by atoms with Gasteiger partial charge in [-0.1, -0.05) is 50.6 Å². The van der Waals surface area contributed by atoms with E-state index in [0.717, 1.165) is 12.0 Å². The molecule has 0 unspecified atom stereocenters. The van der Waals surface area contributed by atoms with Crippen LogP contribution in [0.25, 0.3) is 0 Å². The van der Waals surface area contributed by atoms with Gasteiger partial charge in [-0.3, -0.25) is 9.59 Å². The molecule has 3 N–H and O–H groups in total. The van der Waals surface area contributed by atoms with Gasteiger partial charge in [0.25, 0.3) is 5.91 Å². The average Bonchev–Trinajstić information content (AvgIpc) is 2.45. The minimum absolute atomic E-state index is 0.0234. The van der Waals surface area contributed by atoms with Crippen molar-refractivity contribution in [2.75, 3.05) is 7.11 Å². The second kappa shape index (κ2) is 7.65. The summed E-state index contributed by atoms with van der Waals surface area (Å²) in [5, 5.41) is 2.68. The van der Waals surface area contributed by atoms with Crippen LogP contribution in [0.5, 0.6) is 0 Å². The van der Waals surface area contributed by atoms with Crippen LogP contribution in [0.1, 0.15) is 31.9 Å². The molecule has 0 saturated heterocycles. The largest absolute Gasteiger partial charge is 0.368 e. The molecule has 0 aromatic heterocycles. The molecule has 1 rings (SSSR count). The Balaban J connectivity index is 2.84. The van der Waals surface area contributed by atoms with Crippen molar-refractivity contribution in [3.05, 3.63) is 35.9 Å². The Bertz CT molecular complexity index is 448. The summed E-state index contributed by atoms with van der Waals surface area (Å²) in [5.74, 6) is -0.914. The molecule has 20 heavy (non-hydrogen) atoms. The topological polar surface area (TPSA) is 81.4 Å². The molecule has 0 heterocycles. The van der Waals surface area contributed by atoms with E-state index in [4.69, 9.17) is 10.5 Å². The van der Waals surface area contributed by atoms with Crippen LogP contribution in [0.2, 0.25) is 0 Å². The normalized spacial score (nSPS) is 15.2. The van der Waals surface area contributed by atoms with Gasteiger partial charge in [0, 0.05) is 7.11 Å². The summed E-state index contributed by atoms with van der Waals surface area (Å²) >= 11 is 0. The summed E-state index contributed by atoms with van der Waals surface area (Å²) in [6.07, 6.45) is -0.00115. The Hall–Kier alpha value is -1.88. The lowest BCUT2D eigenvalue weighted by Gasteiger charge is -2.24. The number of nitrogens with two attached hydrogens (primary N) is 1. The van der Waals surface area contributed by atoms with E-state index >= 15 is 0 Å². The number of carbonyl (C=O) groups is 2. The quantitative estimate of drug-likeness (QED) is 0.790.